The molecule has 0 atom stereocenters. The Morgan fingerprint density at radius 3 is 2.55 bits per heavy atom. The molecule has 0 amide bonds. The molecule has 1 rings (SSSR count). The molecule has 11 heavy (non-hydrogen) atoms. The Labute approximate surface area is 67.5 Å². The number of rotatable bonds is 1. The maximum atomic E-state index is 5.41. The lowest BCUT2D eigenvalue weighted by molar-refractivity contribution is 1.40. The normalized spacial score (nSPS) is 11.6. The van der Waals surface area contributed by atoms with Crippen LogP contribution in [0.2, 0.25) is 0 Å². The zero-order chi connectivity index (χ0) is 8.27. The molecule has 0 aromatic heterocycles. The minimum atomic E-state index is 1.13. The van der Waals surface area contributed by atoms with Gasteiger partial charge in [-0.15, -0.1) is 0 Å². The van der Waals surface area contributed by atoms with Crippen molar-refractivity contribution in [1.82, 2.24) is 0 Å². The lowest BCUT2D eigenvalue weighted by Gasteiger charge is -2.03. The third-order valence-electron chi connectivity index (χ3n) is 1.82. The molecule has 0 saturated heterocycles. The smallest absolute Gasteiger partial charge is 0.00264 e. The zero-order valence-corrected chi connectivity index (χ0v) is 6.96. The van der Waals surface area contributed by atoms with Gasteiger partial charge in [0.05, 0.1) is 0 Å². The number of aryl methyl sites for hydroxylation is 1. The van der Waals surface area contributed by atoms with Crippen LogP contribution in [-0.2, 0) is 0 Å². The summed E-state index contributed by atoms with van der Waals surface area (Å²) in [6, 6.07) is 8.22. The molecule has 0 aliphatic rings. The first-order valence-electron chi connectivity index (χ1n) is 3.70. The number of hydrogen-bond acceptors (Lipinski definition) is 1. The van der Waals surface area contributed by atoms with Gasteiger partial charge in [-0.1, -0.05) is 24.3 Å². The molecular weight excluding hydrogens is 134 g/mol. The predicted molar refractivity (Wildman–Crippen MR) is 49.0 cm³/mol. The van der Waals surface area contributed by atoms with Gasteiger partial charge in [-0.2, -0.15) is 0 Å². The second kappa shape index (κ2) is 3.24. The summed E-state index contributed by atoms with van der Waals surface area (Å²) >= 11 is 0. The van der Waals surface area contributed by atoms with E-state index in [9.17, 15) is 0 Å². The van der Waals surface area contributed by atoms with E-state index in [0.717, 1.165) is 5.57 Å². The minimum absolute atomic E-state index is 1.13. The van der Waals surface area contributed by atoms with Crippen LogP contribution in [0.1, 0.15) is 18.1 Å². The fourth-order valence-corrected chi connectivity index (χ4v) is 1.11. The van der Waals surface area contributed by atoms with Crippen LogP contribution in [0, 0.1) is 6.92 Å². The predicted octanol–water partition coefficient (Wildman–Crippen LogP) is 2.31. The lowest BCUT2D eigenvalue weighted by Crippen LogP contribution is -1.88. The Hall–Kier alpha value is -1.24. The monoisotopic (exact) mass is 147 g/mol. The Morgan fingerprint density at radius 1 is 1.36 bits per heavy atom. The summed E-state index contributed by atoms with van der Waals surface area (Å²) in [5.41, 5.74) is 9.04. The Bertz CT molecular complexity index is 274. The van der Waals surface area contributed by atoms with E-state index in [0.29, 0.717) is 0 Å². The Morgan fingerprint density at radius 2 is 2.00 bits per heavy atom. The molecule has 0 bridgehead atoms. The highest BCUT2D eigenvalue weighted by Gasteiger charge is 1.96. The summed E-state index contributed by atoms with van der Waals surface area (Å²) < 4.78 is 0. The van der Waals surface area contributed by atoms with Crippen LogP contribution < -0.4 is 5.73 Å². The second-order valence-electron chi connectivity index (χ2n) is 2.66. The molecule has 2 N–H and O–H groups in total. The summed E-state index contributed by atoms with van der Waals surface area (Å²) in [7, 11) is 0. The van der Waals surface area contributed by atoms with Crippen molar-refractivity contribution >= 4 is 5.57 Å². The topological polar surface area (TPSA) is 26.0 Å². The molecule has 0 spiro atoms. The highest BCUT2D eigenvalue weighted by Crippen LogP contribution is 2.15. The van der Waals surface area contributed by atoms with Crippen molar-refractivity contribution in [2.24, 2.45) is 5.73 Å². The summed E-state index contributed by atoms with van der Waals surface area (Å²) in [5, 5.41) is 0. The minimum Gasteiger partial charge on any atom is -0.404 e. The summed E-state index contributed by atoms with van der Waals surface area (Å²) in [4.78, 5) is 0. The molecular formula is C10H13N. The zero-order valence-electron chi connectivity index (χ0n) is 6.96. The van der Waals surface area contributed by atoms with Crippen molar-refractivity contribution in [3.8, 4) is 0 Å². The number of nitrogens with two attached hydrogens (primary N) is 1. The fourth-order valence-electron chi connectivity index (χ4n) is 1.11. The van der Waals surface area contributed by atoms with Gasteiger partial charge in [-0.3, -0.25) is 0 Å². The van der Waals surface area contributed by atoms with Crippen LogP contribution in [0.15, 0.2) is 30.5 Å². The highest BCUT2D eigenvalue weighted by atomic mass is 14.5. The average molecular weight is 147 g/mol. The first-order valence-corrected chi connectivity index (χ1v) is 3.70. The molecule has 0 unspecified atom stereocenters. The van der Waals surface area contributed by atoms with Crippen LogP contribution in [0.4, 0.5) is 0 Å². The van der Waals surface area contributed by atoms with E-state index in [-0.39, 0.29) is 0 Å². The largest absolute Gasteiger partial charge is 0.404 e. The van der Waals surface area contributed by atoms with Gasteiger partial charge in [0.2, 0.25) is 0 Å². The van der Waals surface area contributed by atoms with Crippen molar-refractivity contribution in [2.45, 2.75) is 13.8 Å². The summed E-state index contributed by atoms with van der Waals surface area (Å²) in [6.45, 7) is 4.10. The molecule has 0 fully saturated rings. The van der Waals surface area contributed by atoms with Gasteiger partial charge >= 0.3 is 0 Å². The molecule has 58 valence electrons. The van der Waals surface area contributed by atoms with E-state index in [1.54, 1.807) is 6.20 Å². The fraction of sp³-hybridized carbons (Fsp3) is 0.200. The number of allylic oxidation sites excluding steroid dienone is 1. The molecule has 1 heteroatoms. The van der Waals surface area contributed by atoms with Crippen LogP contribution in [-0.4, -0.2) is 0 Å². The van der Waals surface area contributed by atoms with Crippen LogP contribution in [0.25, 0.3) is 5.57 Å². The summed E-state index contributed by atoms with van der Waals surface area (Å²) in [5.74, 6) is 0. The summed E-state index contributed by atoms with van der Waals surface area (Å²) in [6.07, 6.45) is 1.64. The van der Waals surface area contributed by atoms with Gasteiger partial charge in [0.25, 0.3) is 0 Å². The van der Waals surface area contributed by atoms with Gasteiger partial charge in [0.1, 0.15) is 0 Å². The highest BCUT2D eigenvalue weighted by molar-refractivity contribution is 5.65. The van der Waals surface area contributed by atoms with E-state index < -0.39 is 0 Å². The van der Waals surface area contributed by atoms with Gasteiger partial charge < -0.3 is 5.73 Å². The Balaban J connectivity index is 3.14. The maximum Gasteiger partial charge on any atom is -0.00264 e. The molecule has 1 nitrogen and oxygen atoms in total. The Kier molecular flexibility index (Phi) is 2.32. The van der Waals surface area contributed by atoms with E-state index in [1.807, 2.05) is 19.1 Å². The first-order chi connectivity index (χ1) is 5.25. The van der Waals surface area contributed by atoms with Gasteiger partial charge in [0.15, 0.2) is 0 Å². The molecule has 1 aromatic rings. The van der Waals surface area contributed by atoms with Crippen molar-refractivity contribution in [2.75, 3.05) is 0 Å². The molecule has 0 heterocycles. The van der Waals surface area contributed by atoms with Crippen molar-refractivity contribution in [3.63, 3.8) is 0 Å². The third-order valence-corrected chi connectivity index (χ3v) is 1.82. The van der Waals surface area contributed by atoms with E-state index in [2.05, 4.69) is 19.1 Å². The molecule has 0 saturated carbocycles. The molecule has 0 aliphatic carbocycles. The SMILES string of the molecule is C/C(=C\N)c1ccccc1C. The van der Waals surface area contributed by atoms with E-state index in [1.165, 1.54) is 11.1 Å². The standard InChI is InChI=1S/C10H13N/c1-8-5-3-4-6-10(8)9(2)7-11/h3-7H,11H2,1-2H3/b9-7+. The quantitative estimate of drug-likeness (QED) is 0.648. The van der Waals surface area contributed by atoms with E-state index in [4.69, 9.17) is 5.73 Å². The van der Waals surface area contributed by atoms with Crippen molar-refractivity contribution in [3.05, 3.63) is 41.6 Å². The average Bonchev–Trinajstić information content (AvgIpc) is 2.04. The maximum absolute atomic E-state index is 5.41. The van der Waals surface area contributed by atoms with Crippen LogP contribution in [0.5, 0.6) is 0 Å². The molecule has 0 radical (unpaired) electrons. The van der Waals surface area contributed by atoms with Crippen molar-refractivity contribution in [1.29, 1.82) is 0 Å². The second-order valence-corrected chi connectivity index (χ2v) is 2.66. The van der Waals surface area contributed by atoms with Crippen LogP contribution in [0.3, 0.4) is 0 Å². The van der Waals surface area contributed by atoms with Crippen molar-refractivity contribution < 1.29 is 0 Å². The molecule has 0 aliphatic heterocycles. The number of hydrogen-bond donors (Lipinski definition) is 1. The third kappa shape index (κ3) is 1.61. The van der Waals surface area contributed by atoms with Gasteiger partial charge in [0, 0.05) is 0 Å². The van der Waals surface area contributed by atoms with Gasteiger partial charge in [-0.25, -0.2) is 0 Å². The number of benzene rings is 1. The van der Waals surface area contributed by atoms with E-state index >= 15 is 0 Å². The molecule has 1 aromatic carbocycles. The lowest BCUT2D eigenvalue weighted by atomic mass is 10.0. The first kappa shape index (κ1) is 7.86. The van der Waals surface area contributed by atoms with Gasteiger partial charge in [-0.05, 0) is 36.7 Å². The van der Waals surface area contributed by atoms with Crippen LogP contribution >= 0.6 is 0 Å².